The molecule has 0 spiro atoms. The van der Waals surface area contributed by atoms with E-state index in [-0.39, 0.29) is 6.42 Å². The molecule has 2 N–H and O–H groups in total. The van der Waals surface area contributed by atoms with Crippen molar-refractivity contribution in [2.45, 2.75) is 45.8 Å². The number of carbonyl (C=O) groups is 3. The summed E-state index contributed by atoms with van der Waals surface area (Å²) in [6.07, 6.45) is -1.12. The molecular weight excluding hydrogens is 340 g/mol. The van der Waals surface area contributed by atoms with Crippen LogP contribution < -0.4 is 20.1 Å². The second kappa shape index (κ2) is 8.07. The average Bonchev–Trinajstić information content (AvgIpc) is 2.52. The molecule has 0 saturated carbocycles. The summed E-state index contributed by atoms with van der Waals surface area (Å²) in [5.41, 5.74) is 0.194. The first-order valence-electron chi connectivity index (χ1n) is 8.35. The standard InChI is InChI=1S/C18H24N2O6/c1-11(16(22)19-17(23)20-18(2,3)4)26-15(21)10-12-5-6-13-14(9-12)25-8-7-24-13/h5-6,9,11H,7-8,10H2,1-4H3,(H2,19,20,22,23)/t11-/m0/s1. The Morgan fingerprint density at radius 1 is 1.15 bits per heavy atom. The number of benzene rings is 1. The van der Waals surface area contributed by atoms with E-state index < -0.39 is 29.6 Å². The van der Waals surface area contributed by atoms with Crippen molar-refractivity contribution in [3.05, 3.63) is 23.8 Å². The Morgan fingerprint density at radius 3 is 2.46 bits per heavy atom. The lowest BCUT2D eigenvalue weighted by molar-refractivity contribution is -0.153. The van der Waals surface area contributed by atoms with Gasteiger partial charge in [0, 0.05) is 5.54 Å². The molecule has 1 atom stereocenters. The molecule has 0 saturated heterocycles. The molecule has 142 valence electrons. The van der Waals surface area contributed by atoms with E-state index in [1.807, 2.05) is 0 Å². The molecule has 8 nitrogen and oxygen atoms in total. The van der Waals surface area contributed by atoms with Crippen molar-refractivity contribution in [2.24, 2.45) is 0 Å². The zero-order chi connectivity index (χ0) is 19.3. The monoisotopic (exact) mass is 364 g/mol. The summed E-state index contributed by atoms with van der Waals surface area (Å²) >= 11 is 0. The maximum absolute atomic E-state index is 12.0. The number of imide groups is 1. The first kappa shape index (κ1) is 19.6. The van der Waals surface area contributed by atoms with Crippen molar-refractivity contribution < 1.29 is 28.6 Å². The van der Waals surface area contributed by atoms with Crippen LogP contribution in [0.4, 0.5) is 4.79 Å². The van der Waals surface area contributed by atoms with Gasteiger partial charge in [0.05, 0.1) is 6.42 Å². The van der Waals surface area contributed by atoms with Crippen LogP contribution in [0.2, 0.25) is 0 Å². The third-order valence-corrected chi connectivity index (χ3v) is 3.36. The van der Waals surface area contributed by atoms with Crippen LogP contribution in [-0.2, 0) is 20.7 Å². The third-order valence-electron chi connectivity index (χ3n) is 3.36. The highest BCUT2D eigenvalue weighted by Gasteiger charge is 2.22. The molecular formula is C18H24N2O6. The molecule has 0 aliphatic carbocycles. The molecule has 1 aliphatic rings. The minimum absolute atomic E-state index is 0.0253. The van der Waals surface area contributed by atoms with Gasteiger partial charge in [0.2, 0.25) is 0 Å². The number of nitrogens with one attached hydrogen (secondary N) is 2. The minimum Gasteiger partial charge on any atom is -0.486 e. The average molecular weight is 364 g/mol. The Kier molecular flexibility index (Phi) is 6.07. The Morgan fingerprint density at radius 2 is 1.81 bits per heavy atom. The fourth-order valence-corrected chi connectivity index (χ4v) is 2.24. The number of hydrogen-bond acceptors (Lipinski definition) is 6. The molecule has 1 aliphatic heterocycles. The molecule has 2 rings (SSSR count). The molecule has 3 amide bonds. The van der Waals surface area contributed by atoms with Crippen LogP contribution in [0.25, 0.3) is 0 Å². The lowest BCUT2D eigenvalue weighted by Gasteiger charge is -2.21. The molecule has 8 heteroatoms. The number of fused-ring (bicyclic) bond motifs is 1. The van der Waals surface area contributed by atoms with Crippen molar-refractivity contribution in [1.29, 1.82) is 0 Å². The SMILES string of the molecule is C[C@H](OC(=O)Cc1ccc2c(c1)OCCO2)C(=O)NC(=O)NC(C)(C)C. The van der Waals surface area contributed by atoms with Crippen molar-refractivity contribution in [3.63, 3.8) is 0 Å². The van der Waals surface area contributed by atoms with Gasteiger partial charge in [-0.15, -0.1) is 0 Å². The summed E-state index contributed by atoms with van der Waals surface area (Å²) in [6, 6.07) is 4.52. The van der Waals surface area contributed by atoms with Gasteiger partial charge in [-0.2, -0.15) is 0 Å². The van der Waals surface area contributed by atoms with E-state index in [0.29, 0.717) is 30.3 Å². The van der Waals surface area contributed by atoms with Gasteiger partial charge in [0.15, 0.2) is 17.6 Å². The van der Waals surface area contributed by atoms with Gasteiger partial charge >= 0.3 is 12.0 Å². The van der Waals surface area contributed by atoms with Crippen LogP contribution in [0.15, 0.2) is 18.2 Å². The van der Waals surface area contributed by atoms with E-state index in [2.05, 4.69) is 10.6 Å². The second-order valence-electron chi connectivity index (χ2n) is 6.98. The lowest BCUT2D eigenvalue weighted by Crippen LogP contribution is -2.50. The summed E-state index contributed by atoms with van der Waals surface area (Å²) in [6.45, 7) is 7.70. The van der Waals surface area contributed by atoms with Crippen LogP contribution >= 0.6 is 0 Å². The van der Waals surface area contributed by atoms with Crippen LogP contribution in [-0.4, -0.2) is 42.8 Å². The minimum atomic E-state index is -1.09. The van der Waals surface area contributed by atoms with Crippen molar-refractivity contribution in [3.8, 4) is 11.5 Å². The quantitative estimate of drug-likeness (QED) is 0.786. The van der Waals surface area contributed by atoms with E-state index >= 15 is 0 Å². The molecule has 0 bridgehead atoms. The molecule has 1 heterocycles. The molecule has 0 radical (unpaired) electrons. The predicted molar refractivity (Wildman–Crippen MR) is 93.1 cm³/mol. The van der Waals surface area contributed by atoms with Gasteiger partial charge in [0.25, 0.3) is 5.91 Å². The van der Waals surface area contributed by atoms with Gasteiger partial charge in [-0.25, -0.2) is 4.79 Å². The van der Waals surface area contributed by atoms with Crippen LogP contribution in [0.1, 0.15) is 33.3 Å². The third kappa shape index (κ3) is 5.94. The number of urea groups is 1. The van der Waals surface area contributed by atoms with Crippen LogP contribution in [0.5, 0.6) is 11.5 Å². The zero-order valence-electron chi connectivity index (χ0n) is 15.4. The highest BCUT2D eigenvalue weighted by Crippen LogP contribution is 2.30. The lowest BCUT2D eigenvalue weighted by atomic mass is 10.1. The number of ether oxygens (including phenoxy) is 3. The molecule has 0 aromatic heterocycles. The van der Waals surface area contributed by atoms with Crippen LogP contribution in [0, 0.1) is 0 Å². The predicted octanol–water partition coefficient (Wildman–Crippen LogP) is 1.56. The summed E-state index contributed by atoms with van der Waals surface area (Å²) in [5, 5.41) is 4.73. The van der Waals surface area contributed by atoms with E-state index in [0.717, 1.165) is 0 Å². The highest BCUT2D eigenvalue weighted by molar-refractivity contribution is 5.97. The summed E-state index contributed by atoms with van der Waals surface area (Å²) in [4.78, 5) is 35.6. The maximum Gasteiger partial charge on any atom is 0.321 e. The number of amides is 3. The highest BCUT2D eigenvalue weighted by atomic mass is 16.6. The van der Waals surface area contributed by atoms with E-state index in [1.54, 1.807) is 39.0 Å². The molecule has 26 heavy (non-hydrogen) atoms. The van der Waals surface area contributed by atoms with E-state index in [1.165, 1.54) is 6.92 Å². The first-order chi connectivity index (χ1) is 12.1. The fourth-order valence-electron chi connectivity index (χ4n) is 2.24. The second-order valence-corrected chi connectivity index (χ2v) is 6.98. The maximum atomic E-state index is 12.0. The normalized spacial score (nSPS) is 14.2. The van der Waals surface area contributed by atoms with Gasteiger partial charge in [0.1, 0.15) is 13.2 Å². The molecule has 1 aromatic carbocycles. The fraction of sp³-hybridized carbons (Fsp3) is 0.500. The van der Waals surface area contributed by atoms with Crippen LogP contribution in [0.3, 0.4) is 0 Å². The topological polar surface area (TPSA) is 103 Å². The number of carbonyl (C=O) groups excluding carboxylic acids is 3. The smallest absolute Gasteiger partial charge is 0.321 e. The molecule has 0 fully saturated rings. The van der Waals surface area contributed by atoms with Gasteiger partial charge in [-0.1, -0.05) is 6.07 Å². The summed E-state index contributed by atoms with van der Waals surface area (Å²) in [5.74, 6) is -0.0694. The van der Waals surface area contributed by atoms with Crippen molar-refractivity contribution >= 4 is 17.9 Å². The summed E-state index contributed by atoms with van der Waals surface area (Å²) in [7, 11) is 0. The zero-order valence-corrected chi connectivity index (χ0v) is 15.4. The summed E-state index contributed by atoms with van der Waals surface area (Å²) < 4.78 is 16.0. The van der Waals surface area contributed by atoms with E-state index in [9.17, 15) is 14.4 Å². The van der Waals surface area contributed by atoms with Gasteiger partial charge in [-0.05, 0) is 45.4 Å². The van der Waals surface area contributed by atoms with Crippen molar-refractivity contribution in [2.75, 3.05) is 13.2 Å². The first-order valence-corrected chi connectivity index (χ1v) is 8.35. The molecule has 0 unspecified atom stereocenters. The Labute approximate surface area is 152 Å². The van der Waals surface area contributed by atoms with Gasteiger partial charge < -0.3 is 19.5 Å². The Hall–Kier alpha value is -2.77. The number of esters is 1. The van der Waals surface area contributed by atoms with E-state index in [4.69, 9.17) is 14.2 Å². The van der Waals surface area contributed by atoms with Gasteiger partial charge in [-0.3, -0.25) is 14.9 Å². The molecule has 1 aromatic rings. The largest absolute Gasteiger partial charge is 0.486 e. The number of rotatable bonds is 4. The number of hydrogen-bond donors (Lipinski definition) is 2. The Balaban J connectivity index is 1.85. The van der Waals surface area contributed by atoms with Crippen molar-refractivity contribution in [1.82, 2.24) is 10.6 Å². The Bertz CT molecular complexity index is 695.